The molecule has 0 aromatic carbocycles. The predicted octanol–water partition coefficient (Wildman–Crippen LogP) is 0.994. The van der Waals surface area contributed by atoms with Crippen molar-refractivity contribution in [2.24, 2.45) is 0 Å². The monoisotopic (exact) mass is 224 g/mol. The fourth-order valence-corrected chi connectivity index (χ4v) is 1.49. The lowest BCUT2D eigenvalue weighted by Crippen LogP contribution is -2.28. The van der Waals surface area contributed by atoms with Gasteiger partial charge in [-0.2, -0.15) is 0 Å². The molecule has 4 nitrogen and oxygen atoms in total. The van der Waals surface area contributed by atoms with Crippen LogP contribution in [-0.4, -0.2) is 24.8 Å². The quantitative estimate of drug-likeness (QED) is 0.702. The number of hydrogen-bond donors (Lipinski definition) is 1. The van der Waals surface area contributed by atoms with Crippen molar-refractivity contribution in [3.8, 4) is 0 Å². The third-order valence-corrected chi connectivity index (χ3v) is 2.38. The Morgan fingerprint density at radius 3 is 3.00 bits per heavy atom. The number of nitrogens with one attached hydrogen (secondary N) is 1. The fourth-order valence-electron chi connectivity index (χ4n) is 1.49. The normalized spacial score (nSPS) is 10.6. The van der Waals surface area contributed by atoms with Gasteiger partial charge in [0.25, 0.3) is 5.56 Å². The van der Waals surface area contributed by atoms with Gasteiger partial charge in [0.15, 0.2) is 0 Å². The topological polar surface area (TPSA) is 43.3 Å². The number of nitrogens with zero attached hydrogens (tertiary/aromatic N) is 1. The molecule has 0 aliphatic carbocycles. The standard InChI is InChI=1S/C12H20N2O2/c1-3-6-13-10-11-5-4-7-14(12(11)15)8-9-16-2/h4-5,7,13H,3,6,8-10H2,1-2H3. The minimum absolute atomic E-state index is 0.0724. The predicted molar refractivity (Wildman–Crippen MR) is 64.6 cm³/mol. The Morgan fingerprint density at radius 2 is 2.31 bits per heavy atom. The van der Waals surface area contributed by atoms with Crippen molar-refractivity contribution in [2.45, 2.75) is 26.4 Å². The molecule has 0 spiro atoms. The molecule has 16 heavy (non-hydrogen) atoms. The molecule has 0 atom stereocenters. The molecule has 90 valence electrons. The zero-order valence-electron chi connectivity index (χ0n) is 10.0. The Balaban J connectivity index is 2.66. The van der Waals surface area contributed by atoms with Crippen molar-refractivity contribution < 1.29 is 4.74 Å². The maximum atomic E-state index is 11.9. The summed E-state index contributed by atoms with van der Waals surface area (Å²) in [5.41, 5.74) is 0.884. The first-order chi connectivity index (χ1) is 7.79. The average Bonchev–Trinajstić information content (AvgIpc) is 2.30. The van der Waals surface area contributed by atoms with Crippen LogP contribution in [0.5, 0.6) is 0 Å². The number of aromatic nitrogens is 1. The number of methoxy groups -OCH3 is 1. The SMILES string of the molecule is CCCNCc1cccn(CCOC)c1=O. The molecule has 1 aromatic rings. The number of rotatable bonds is 7. The van der Waals surface area contributed by atoms with Gasteiger partial charge in [-0.3, -0.25) is 4.79 Å². The van der Waals surface area contributed by atoms with Crippen molar-refractivity contribution >= 4 is 0 Å². The molecule has 1 rings (SSSR count). The maximum absolute atomic E-state index is 11.9. The first kappa shape index (κ1) is 12.9. The summed E-state index contributed by atoms with van der Waals surface area (Å²) < 4.78 is 6.65. The molecule has 0 aliphatic heterocycles. The van der Waals surface area contributed by atoms with Gasteiger partial charge in [-0.1, -0.05) is 13.0 Å². The Bertz CT molecular complexity index is 360. The van der Waals surface area contributed by atoms with Gasteiger partial charge in [0, 0.05) is 32.0 Å². The van der Waals surface area contributed by atoms with Crippen LogP contribution >= 0.6 is 0 Å². The highest BCUT2D eigenvalue weighted by Gasteiger charge is 2.01. The zero-order chi connectivity index (χ0) is 11.8. The second-order valence-corrected chi connectivity index (χ2v) is 3.70. The number of ether oxygens (including phenoxy) is 1. The van der Waals surface area contributed by atoms with E-state index in [2.05, 4.69) is 12.2 Å². The van der Waals surface area contributed by atoms with E-state index in [1.54, 1.807) is 17.9 Å². The van der Waals surface area contributed by atoms with Gasteiger partial charge in [0.2, 0.25) is 0 Å². The van der Waals surface area contributed by atoms with Gasteiger partial charge >= 0.3 is 0 Å². The van der Waals surface area contributed by atoms with Gasteiger partial charge < -0.3 is 14.6 Å². The summed E-state index contributed by atoms with van der Waals surface area (Å²) in [5, 5.41) is 3.23. The molecule has 1 aromatic heterocycles. The van der Waals surface area contributed by atoms with Crippen molar-refractivity contribution in [1.82, 2.24) is 9.88 Å². The summed E-state index contributed by atoms with van der Waals surface area (Å²) in [5.74, 6) is 0. The molecule has 1 heterocycles. The molecule has 4 heteroatoms. The molecular weight excluding hydrogens is 204 g/mol. The summed E-state index contributed by atoms with van der Waals surface area (Å²) in [7, 11) is 1.64. The van der Waals surface area contributed by atoms with Crippen LogP contribution in [0.3, 0.4) is 0 Å². The van der Waals surface area contributed by atoms with Gasteiger partial charge in [-0.05, 0) is 19.0 Å². The molecule has 0 bridgehead atoms. The Morgan fingerprint density at radius 1 is 1.50 bits per heavy atom. The summed E-state index contributed by atoms with van der Waals surface area (Å²) in [6.45, 7) is 4.85. The highest BCUT2D eigenvalue weighted by Crippen LogP contribution is 1.92. The molecule has 0 radical (unpaired) electrons. The van der Waals surface area contributed by atoms with Crippen LogP contribution in [0, 0.1) is 0 Å². The summed E-state index contributed by atoms with van der Waals surface area (Å²) in [6, 6.07) is 3.77. The van der Waals surface area contributed by atoms with Crippen molar-refractivity contribution in [3.63, 3.8) is 0 Å². The van der Waals surface area contributed by atoms with Crippen molar-refractivity contribution in [1.29, 1.82) is 0 Å². The van der Waals surface area contributed by atoms with Crippen LogP contribution in [0.1, 0.15) is 18.9 Å². The summed E-state index contributed by atoms with van der Waals surface area (Å²) in [4.78, 5) is 11.9. The van der Waals surface area contributed by atoms with E-state index in [0.29, 0.717) is 19.7 Å². The maximum Gasteiger partial charge on any atom is 0.255 e. The van der Waals surface area contributed by atoms with E-state index >= 15 is 0 Å². The Hall–Kier alpha value is -1.13. The lowest BCUT2D eigenvalue weighted by atomic mass is 10.2. The minimum Gasteiger partial charge on any atom is -0.383 e. The van der Waals surface area contributed by atoms with Crippen molar-refractivity contribution in [3.05, 3.63) is 34.2 Å². The van der Waals surface area contributed by atoms with Crippen LogP contribution in [0.15, 0.2) is 23.1 Å². The van der Waals surface area contributed by atoms with E-state index in [9.17, 15) is 4.79 Å². The third kappa shape index (κ3) is 3.79. The van der Waals surface area contributed by atoms with Crippen LogP contribution in [0.2, 0.25) is 0 Å². The molecule has 0 aliphatic rings. The molecule has 1 N–H and O–H groups in total. The molecule has 0 fully saturated rings. The van der Waals surface area contributed by atoms with E-state index in [-0.39, 0.29) is 5.56 Å². The largest absolute Gasteiger partial charge is 0.383 e. The van der Waals surface area contributed by atoms with Gasteiger partial charge in [0.1, 0.15) is 0 Å². The Kier molecular flexibility index (Phi) is 5.82. The summed E-state index contributed by atoms with van der Waals surface area (Å²) >= 11 is 0. The molecule has 0 saturated heterocycles. The van der Waals surface area contributed by atoms with E-state index in [0.717, 1.165) is 18.5 Å². The second-order valence-electron chi connectivity index (χ2n) is 3.70. The minimum atomic E-state index is 0.0724. The molecular formula is C12H20N2O2. The highest BCUT2D eigenvalue weighted by atomic mass is 16.5. The van der Waals surface area contributed by atoms with E-state index in [4.69, 9.17) is 4.74 Å². The zero-order valence-corrected chi connectivity index (χ0v) is 10.0. The fraction of sp³-hybridized carbons (Fsp3) is 0.583. The van der Waals surface area contributed by atoms with Crippen LogP contribution < -0.4 is 10.9 Å². The van der Waals surface area contributed by atoms with Gasteiger partial charge in [0.05, 0.1) is 6.61 Å². The smallest absolute Gasteiger partial charge is 0.255 e. The van der Waals surface area contributed by atoms with E-state index in [1.807, 2.05) is 12.1 Å². The highest BCUT2D eigenvalue weighted by molar-refractivity contribution is 5.10. The molecule has 0 amide bonds. The van der Waals surface area contributed by atoms with Gasteiger partial charge in [-0.15, -0.1) is 0 Å². The van der Waals surface area contributed by atoms with E-state index in [1.165, 1.54) is 0 Å². The first-order valence-electron chi connectivity index (χ1n) is 5.67. The molecule has 0 saturated carbocycles. The average molecular weight is 224 g/mol. The number of pyridine rings is 1. The Labute approximate surface area is 96.2 Å². The van der Waals surface area contributed by atoms with Gasteiger partial charge in [-0.25, -0.2) is 0 Å². The third-order valence-electron chi connectivity index (χ3n) is 2.38. The lowest BCUT2D eigenvalue weighted by Gasteiger charge is -2.07. The second kappa shape index (κ2) is 7.19. The lowest BCUT2D eigenvalue weighted by molar-refractivity contribution is 0.186. The number of hydrogen-bond acceptors (Lipinski definition) is 3. The van der Waals surface area contributed by atoms with Crippen molar-refractivity contribution in [2.75, 3.05) is 20.3 Å². The summed E-state index contributed by atoms with van der Waals surface area (Å²) in [6.07, 6.45) is 2.87. The first-order valence-corrected chi connectivity index (χ1v) is 5.67. The van der Waals surface area contributed by atoms with Crippen LogP contribution in [0.4, 0.5) is 0 Å². The van der Waals surface area contributed by atoms with Crippen LogP contribution in [-0.2, 0) is 17.8 Å². The van der Waals surface area contributed by atoms with E-state index < -0.39 is 0 Å². The van der Waals surface area contributed by atoms with Crippen LogP contribution in [0.25, 0.3) is 0 Å². The molecule has 0 unspecified atom stereocenters.